The Morgan fingerprint density at radius 2 is 1.85 bits per heavy atom. The molecule has 2 aromatic carbocycles. The van der Waals surface area contributed by atoms with Crippen molar-refractivity contribution in [3.63, 3.8) is 0 Å². The van der Waals surface area contributed by atoms with Gasteiger partial charge in [-0.25, -0.2) is 0 Å². The molecule has 5 heteroatoms. The van der Waals surface area contributed by atoms with E-state index in [1.165, 1.54) is 0 Å². The Labute approximate surface area is 154 Å². The van der Waals surface area contributed by atoms with E-state index in [2.05, 4.69) is 10.6 Å². The van der Waals surface area contributed by atoms with Gasteiger partial charge in [0, 0.05) is 6.54 Å². The van der Waals surface area contributed by atoms with Crippen molar-refractivity contribution in [3.05, 3.63) is 59.2 Å². The van der Waals surface area contributed by atoms with Crippen LogP contribution >= 0.6 is 0 Å². The van der Waals surface area contributed by atoms with E-state index in [9.17, 15) is 9.59 Å². The Kier molecular flexibility index (Phi) is 6.78. The Morgan fingerprint density at radius 3 is 2.58 bits per heavy atom. The summed E-state index contributed by atoms with van der Waals surface area (Å²) in [5, 5.41) is 5.62. The molecule has 0 aliphatic carbocycles. The molecular weight excluding hydrogens is 328 g/mol. The maximum absolute atomic E-state index is 12.5. The van der Waals surface area contributed by atoms with Crippen molar-refractivity contribution < 1.29 is 14.3 Å². The lowest BCUT2D eigenvalue weighted by Gasteiger charge is -2.18. The topological polar surface area (TPSA) is 67.4 Å². The van der Waals surface area contributed by atoms with Gasteiger partial charge in [-0.15, -0.1) is 0 Å². The van der Waals surface area contributed by atoms with Gasteiger partial charge in [-0.3, -0.25) is 9.59 Å². The molecule has 0 radical (unpaired) electrons. The molecule has 0 unspecified atom stereocenters. The molecule has 138 valence electrons. The minimum absolute atomic E-state index is 0.203. The third-order valence-corrected chi connectivity index (χ3v) is 3.98. The van der Waals surface area contributed by atoms with Crippen LogP contribution in [-0.4, -0.2) is 24.5 Å². The molecule has 2 aromatic rings. The summed E-state index contributed by atoms with van der Waals surface area (Å²) in [6.45, 7) is 8.18. The first-order valence-corrected chi connectivity index (χ1v) is 8.84. The molecule has 0 saturated carbocycles. The van der Waals surface area contributed by atoms with Gasteiger partial charge in [-0.1, -0.05) is 31.2 Å². The van der Waals surface area contributed by atoms with E-state index in [-0.39, 0.29) is 11.8 Å². The predicted molar refractivity (Wildman–Crippen MR) is 104 cm³/mol. The summed E-state index contributed by atoms with van der Waals surface area (Å²) in [4.78, 5) is 24.8. The summed E-state index contributed by atoms with van der Waals surface area (Å²) in [6.07, 6.45) is 0.156. The maximum atomic E-state index is 12.5. The van der Waals surface area contributed by atoms with Gasteiger partial charge < -0.3 is 15.4 Å². The van der Waals surface area contributed by atoms with Crippen LogP contribution in [0.5, 0.6) is 5.75 Å². The molecule has 0 aromatic heterocycles. The molecule has 0 heterocycles. The lowest BCUT2D eigenvalue weighted by molar-refractivity contribution is -0.122. The number of ether oxygens (including phenoxy) is 1. The first-order valence-electron chi connectivity index (χ1n) is 8.84. The van der Waals surface area contributed by atoms with Crippen molar-refractivity contribution in [2.45, 2.75) is 40.2 Å². The first kappa shape index (κ1) is 19.5. The van der Waals surface area contributed by atoms with Crippen molar-refractivity contribution in [3.8, 4) is 5.75 Å². The maximum Gasteiger partial charge on any atom is 0.265 e. The van der Waals surface area contributed by atoms with Gasteiger partial charge in [0.2, 0.25) is 0 Å². The third kappa shape index (κ3) is 5.09. The summed E-state index contributed by atoms with van der Waals surface area (Å²) in [6, 6.07) is 12.8. The molecule has 0 fully saturated rings. The number of benzene rings is 2. The number of amides is 2. The van der Waals surface area contributed by atoms with Crippen molar-refractivity contribution in [1.82, 2.24) is 5.32 Å². The van der Waals surface area contributed by atoms with Crippen LogP contribution in [0.2, 0.25) is 0 Å². The summed E-state index contributed by atoms with van der Waals surface area (Å²) >= 11 is 0. The molecule has 0 spiro atoms. The van der Waals surface area contributed by atoms with Gasteiger partial charge in [-0.2, -0.15) is 0 Å². The number of aryl methyl sites for hydroxylation is 2. The second kappa shape index (κ2) is 9.04. The molecule has 1 atom stereocenters. The number of hydrogen-bond donors (Lipinski definition) is 2. The number of anilines is 1. The summed E-state index contributed by atoms with van der Waals surface area (Å²) in [5.41, 5.74) is 2.95. The lowest BCUT2D eigenvalue weighted by Crippen LogP contribution is -2.32. The SMILES string of the molecule is CCCNC(=O)c1ccccc1NC(=O)[C@H](C)Oc1cc(C)ccc1C. The summed E-state index contributed by atoms with van der Waals surface area (Å²) < 4.78 is 5.81. The standard InChI is InChI=1S/C21H26N2O3/c1-5-12-22-21(25)17-8-6-7-9-18(17)23-20(24)16(4)26-19-13-14(2)10-11-15(19)3/h6-11,13,16H,5,12H2,1-4H3,(H,22,25)(H,23,24)/t16-/m0/s1. The average molecular weight is 354 g/mol. The lowest BCUT2D eigenvalue weighted by atomic mass is 10.1. The number of carbonyl (C=O) groups excluding carboxylic acids is 2. The zero-order valence-electron chi connectivity index (χ0n) is 15.8. The third-order valence-electron chi connectivity index (χ3n) is 3.98. The van der Waals surface area contributed by atoms with Crippen molar-refractivity contribution in [2.24, 2.45) is 0 Å². The number of nitrogens with one attached hydrogen (secondary N) is 2. The fraction of sp³-hybridized carbons (Fsp3) is 0.333. The van der Waals surface area contributed by atoms with Crippen LogP contribution in [0.3, 0.4) is 0 Å². The highest BCUT2D eigenvalue weighted by atomic mass is 16.5. The molecule has 5 nitrogen and oxygen atoms in total. The summed E-state index contributed by atoms with van der Waals surface area (Å²) in [7, 11) is 0. The highest BCUT2D eigenvalue weighted by Gasteiger charge is 2.19. The quantitative estimate of drug-likeness (QED) is 0.794. The van der Waals surface area contributed by atoms with Gasteiger partial charge >= 0.3 is 0 Å². The molecule has 0 aliphatic heterocycles. The van der Waals surface area contributed by atoms with E-state index >= 15 is 0 Å². The van der Waals surface area contributed by atoms with E-state index in [1.54, 1.807) is 31.2 Å². The molecule has 0 aliphatic rings. The average Bonchev–Trinajstić information content (AvgIpc) is 2.63. The fourth-order valence-electron chi connectivity index (χ4n) is 2.44. The van der Waals surface area contributed by atoms with Crippen LogP contribution < -0.4 is 15.4 Å². The van der Waals surface area contributed by atoms with Crippen LogP contribution in [0.25, 0.3) is 0 Å². The van der Waals surface area contributed by atoms with Crippen LogP contribution in [0.15, 0.2) is 42.5 Å². The predicted octanol–water partition coefficient (Wildman–Crippen LogP) is 3.85. The van der Waals surface area contributed by atoms with Crippen molar-refractivity contribution in [1.29, 1.82) is 0 Å². The largest absolute Gasteiger partial charge is 0.481 e. The van der Waals surface area contributed by atoms with E-state index in [1.807, 2.05) is 39.0 Å². The van der Waals surface area contributed by atoms with Gasteiger partial charge in [0.25, 0.3) is 11.8 Å². The van der Waals surface area contributed by atoms with Gasteiger partial charge in [0.1, 0.15) is 5.75 Å². The second-order valence-corrected chi connectivity index (χ2v) is 6.32. The minimum Gasteiger partial charge on any atom is -0.481 e. The molecular formula is C21H26N2O3. The Morgan fingerprint density at radius 1 is 1.12 bits per heavy atom. The second-order valence-electron chi connectivity index (χ2n) is 6.32. The van der Waals surface area contributed by atoms with Crippen molar-refractivity contribution >= 4 is 17.5 Å². The number of carbonyl (C=O) groups is 2. The van der Waals surface area contributed by atoms with Crippen LogP contribution in [0.1, 0.15) is 41.8 Å². The molecule has 0 saturated heterocycles. The zero-order chi connectivity index (χ0) is 19.1. The molecule has 0 bridgehead atoms. The first-order chi connectivity index (χ1) is 12.4. The van der Waals surface area contributed by atoms with Crippen LogP contribution in [0, 0.1) is 13.8 Å². The zero-order valence-corrected chi connectivity index (χ0v) is 15.8. The van der Waals surface area contributed by atoms with E-state index in [0.717, 1.165) is 17.5 Å². The fourth-order valence-corrected chi connectivity index (χ4v) is 2.44. The normalized spacial score (nSPS) is 11.5. The highest BCUT2D eigenvalue weighted by molar-refractivity contribution is 6.04. The highest BCUT2D eigenvalue weighted by Crippen LogP contribution is 2.21. The Bertz CT molecular complexity index is 787. The van der Waals surface area contributed by atoms with Gasteiger partial charge in [0.15, 0.2) is 6.10 Å². The van der Waals surface area contributed by atoms with Gasteiger partial charge in [0.05, 0.1) is 11.3 Å². The molecule has 26 heavy (non-hydrogen) atoms. The van der Waals surface area contributed by atoms with E-state index in [0.29, 0.717) is 23.5 Å². The van der Waals surface area contributed by atoms with Crippen molar-refractivity contribution in [2.75, 3.05) is 11.9 Å². The number of hydrogen-bond acceptors (Lipinski definition) is 3. The van der Waals surface area contributed by atoms with Crippen LogP contribution in [0.4, 0.5) is 5.69 Å². The van der Waals surface area contributed by atoms with E-state index < -0.39 is 6.10 Å². The number of rotatable bonds is 7. The monoisotopic (exact) mass is 354 g/mol. The Balaban J connectivity index is 2.09. The molecule has 2 amide bonds. The minimum atomic E-state index is -0.692. The smallest absolute Gasteiger partial charge is 0.265 e. The molecule has 2 N–H and O–H groups in total. The number of para-hydroxylation sites is 1. The Hall–Kier alpha value is -2.82. The summed E-state index contributed by atoms with van der Waals surface area (Å²) in [5.74, 6) is 0.175. The van der Waals surface area contributed by atoms with E-state index in [4.69, 9.17) is 4.74 Å². The van der Waals surface area contributed by atoms with Gasteiger partial charge in [-0.05, 0) is 56.5 Å². The van der Waals surface area contributed by atoms with Crippen LogP contribution in [-0.2, 0) is 4.79 Å². The molecule has 2 rings (SSSR count).